The molecule has 4 nitrogen and oxygen atoms in total. The summed E-state index contributed by atoms with van der Waals surface area (Å²) < 4.78 is 16.6. The highest BCUT2D eigenvalue weighted by Crippen LogP contribution is 2.46. The van der Waals surface area contributed by atoms with Crippen molar-refractivity contribution in [2.24, 2.45) is 5.92 Å². The molecular formula is C8H19O4P. The fourth-order valence-electron chi connectivity index (χ4n) is 0.627. The van der Waals surface area contributed by atoms with Crippen LogP contribution in [0, 0.1) is 5.92 Å². The predicted octanol–water partition coefficient (Wildman–Crippen LogP) is 1.27. The summed E-state index contributed by atoms with van der Waals surface area (Å²) in [6.45, 7) is 5.17. The maximum atomic E-state index is 11.5. The Morgan fingerprint density at radius 2 is 2.08 bits per heavy atom. The molecule has 0 aromatic carbocycles. The van der Waals surface area contributed by atoms with Crippen molar-refractivity contribution >= 4 is 7.37 Å². The third-order valence-corrected chi connectivity index (χ3v) is 3.92. The van der Waals surface area contributed by atoms with Crippen molar-refractivity contribution in [2.75, 3.05) is 19.9 Å². The third kappa shape index (κ3) is 4.77. The van der Waals surface area contributed by atoms with E-state index in [0.717, 1.165) is 6.42 Å². The molecule has 3 atom stereocenters. The van der Waals surface area contributed by atoms with Gasteiger partial charge in [-0.2, -0.15) is 0 Å². The fourth-order valence-corrected chi connectivity index (χ4v) is 1.65. The van der Waals surface area contributed by atoms with Crippen LogP contribution in [0.4, 0.5) is 0 Å². The van der Waals surface area contributed by atoms with E-state index in [1.807, 2.05) is 13.8 Å². The van der Waals surface area contributed by atoms with Crippen molar-refractivity contribution in [3.63, 3.8) is 0 Å². The lowest BCUT2D eigenvalue weighted by Crippen LogP contribution is -2.15. The second-order valence-electron chi connectivity index (χ2n) is 3.38. The Morgan fingerprint density at radius 3 is 2.46 bits per heavy atom. The number of aliphatic hydroxyl groups is 2. The summed E-state index contributed by atoms with van der Waals surface area (Å²) in [4.78, 5) is 0. The van der Waals surface area contributed by atoms with Gasteiger partial charge in [-0.1, -0.05) is 20.3 Å². The normalized spacial score (nSPS) is 20.7. The molecule has 0 radical (unpaired) electrons. The van der Waals surface area contributed by atoms with Gasteiger partial charge in [0, 0.05) is 6.66 Å². The molecule has 0 amide bonds. The van der Waals surface area contributed by atoms with Crippen LogP contribution in [0.2, 0.25) is 0 Å². The highest BCUT2D eigenvalue weighted by molar-refractivity contribution is 7.58. The Bertz CT molecular complexity index is 183. The Labute approximate surface area is 79.4 Å². The van der Waals surface area contributed by atoms with Gasteiger partial charge in [-0.25, -0.2) is 0 Å². The molecule has 0 saturated heterocycles. The number of aliphatic hydroxyl groups excluding tert-OH is 2. The van der Waals surface area contributed by atoms with Gasteiger partial charge in [-0.05, 0) is 5.92 Å². The number of hydrogen-bond acceptors (Lipinski definition) is 4. The summed E-state index contributed by atoms with van der Waals surface area (Å²) >= 11 is 0. The zero-order valence-electron chi connectivity index (χ0n) is 8.43. The summed E-state index contributed by atoms with van der Waals surface area (Å²) in [5, 5.41) is 17.7. The van der Waals surface area contributed by atoms with Crippen molar-refractivity contribution in [3.8, 4) is 0 Å². The molecule has 0 rings (SSSR count). The lowest BCUT2D eigenvalue weighted by Gasteiger charge is -2.19. The quantitative estimate of drug-likeness (QED) is 0.648. The molecule has 0 aromatic rings. The Morgan fingerprint density at radius 1 is 1.54 bits per heavy atom. The van der Waals surface area contributed by atoms with Gasteiger partial charge in [0.15, 0.2) is 5.85 Å². The molecule has 80 valence electrons. The van der Waals surface area contributed by atoms with Gasteiger partial charge in [0.1, 0.15) is 0 Å². The van der Waals surface area contributed by atoms with Gasteiger partial charge >= 0.3 is 0 Å². The van der Waals surface area contributed by atoms with Crippen molar-refractivity contribution in [3.05, 3.63) is 0 Å². The van der Waals surface area contributed by atoms with Gasteiger partial charge in [0.25, 0.3) is 0 Å². The molecule has 0 heterocycles. The molecule has 0 aliphatic heterocycles. The van der Waals surface area contributed by atoms with Crippen molar-refractivity contribution in [1.82, 2.24) is 0 Å². The molecule has 2 N–H and O–H groups in total. The molecule has 3 unspecified atom stereocenters. The minimum atomic E-state index is -3.05. The maximum absolute atomic E-state index is 11.5. The first kappa shape index (κ1) is 13.1. The second-order valence-corrected chi connectivity index (χ2v) is 6.05. The molecule has 13 heavy (non-hydrogen) atoms. The zero-order chi connectivity index (χ0) is 10.5. The van der Waals surface area contributed by atoms with E-state index in [9.17, 15) is 4.57 Å². The van der Waals surface area contributed by atoms with Crippen LogP contribution in [-0.2, 0) is 9.09 Å². The van der Waals surface area contributed by atoms with E-state index in [1.54, 1.807) is 0 Å². The summed E-state index contributed by atoms with van der Waals surface area (Å²) in [6, 6.07) is 0. The molecular weight excluding hydrogens is 191 g/mol. The van der Waals surface area contributed by atoms with Gasteiger partial charge < -0.3 is 14.7 Å². The predicted molar refractivity (Wildman–Crippen MR) is 52.0 cm³/mol. The van der Waals surface area contributed by atoms with Crippen LogP contribution < -0.4 is 0 Å². The summed E-state index contributed by atoms with van der Waals surface area (Å²) in [5.41, 5.74) is 0. The average Bonchev–Trinajstić information content (AvgIpc) is 2.12. The van der Waals surface area contributed by atoms with Crippen LogP contribution in [0.1, 0.15) is 20.3 Å². The van der Waals surface area contributed by atoms with E-state index >= 15 is 0 Å². The van der Waals surface area contributed by atoms with E-state index in [4.69, 9.17) is 14.7 Å². The molecule has 0 aromatic heterocycles. The highest BCUT2D eigenvalue weighted by Gasteiger charge is 2.26. The Balaban J connectivity index is 3.96. The molecule has 0 aliphatic carbocycles. The van der Waals surface area contributed by atoms with Crippen molar-refractivity contribution in [1.29, 1.82) is 0 Å². The molecule has 0 spiro atoms. The van der Waals surface area contributed by atoms with Crippen LogP contribution in [0.25, 0.3) is 0 Å². The minimum Gasteiger partial charge on any atom is -0.393 e. The minimum absolute atomic E-state index is 0.319. The first-order valence-electron chi connectivity index (χ1n) is 4.44. The summed E-state index contributed by atoms with van der Waals surface area (Å²) in [5.74, 6) is -0.935. The topological polar surface area (TPSA) is 66.8 Å². The van der Waals surface area contributed by atoms with Gasteiger partial charge in [-0.15, -0.1) is 0 Å². The van der Waals surface area contributed by atoms with Crippen LogP contribution in [0.3, 0.4) is 0 Å². The van der Waals surface area contributed by atoms with Crippen LogP contribution in [-0.4, -0.2) is 35.9 Å². The van der Waals surface area contributed by atoms with Gasteiger partial charge in [0.05, 0.1) is 13.2 Å². The second kappa shape index (κ2) is 5.76. The molecule has 0 aliphatic rings. The van der Waals surface area contributed by atoms with E-state index < -0.39 is 19.8 Å². The lowest BCUT2D eigenvalue weighted by atomic mass is 10.1. The number of hydrogen-bond donors (Lipinski definition) is 2. The van der Waals surface area contributed by atoms with E-state index in [-0.39, 0.29) is 0 Å². The standard InChI is InChI=1S/C8H19O4P/c1-4-7(2)6-12-13(3,11)8(10)5-9/h7-10H,4-6H2,1-3H3. The van der Waals surface area contributed by atoms with E-state index in [0.29, 0.717) is 12.5 Å². The number of rotatable bonds is 6. The van der Waals surface area contributed by atoms with E-state index in [2.05, 4.69) is 0 Å². The lowest BCUT2D eigenvalue weighted by molar-refractivity contribution is 0.130. The van der Waals surface area contributed by atoms with E-state index in [1.165, 1.54) is 6.66 Å². The molecule has 0 bridgehead atoms. The monoisotopic (exact) mass is 210 g/mol. The maximum Gasteiger partial charge on any atom is 0.230 e. The van der Waals surface area contributed by atoms with Crippen LogP contribution in [0.15, 0.2) is 0 Å². The van der Waals surface area contributed by atoms with Crippen LogP contribution in [0.5, 0.6) is 0 Å². The van der Waals surface area contributed by atoms with Crippen LogP contribution >= 0.6 is 7.37 Å². The highest BCUT2D eigenvalue weighted by atomic mass is 31.2. The summed E-state index contributed by atoms with van der Waals surface area (Å²) in [7, 11) is -3.05. The largest absolute Gasteiger partial charge is 0.393 e. The average molecular weight is 210 g/mol. The summed E-state index contributed by atoms with van der Waals surface area (Å²) in [6.07, 6.45) is 0.940. The first-order chi connectivity index (χ1) is 5.94. The smallest absolute Gasteiger partial charge is 0.230 e. The van der Waals surface area contributed by atoms with Crippen molar-refractivity contribution in [2.45, 2.75) is 26.1 Å². The fraction of sp³-hybridized carbons (Fsp3) is 1.00. The third-order valence-electron chi connectivity index (χ3n) is 2.02. The first-order valence-corrected chi connectivity index (χ1v) is 6.58. The van der Waals surface area contributed by atoms with Gasteiger partial charge in [0.2, 0.25) is 7.37 Å². The Kier molecular flexibility index (Phi) is 5.81. The SMILES string of the molecule is CCC(C)COP(C)(=O)C(O)CO. The molecule has 0 saturated carbocycles. The van der Waals surface area contributed by atoms with Crippen molar-refractivity contribution < 1.29 is 19.3 Å². The molecule has 5 heteroatoms. The molecule has 0 fully saturated rings. The van der Waals surface area contributed by atoms with Gasteiger partial charge in [-0.3, -0.25) is 4.57 Å². The zero-order valence-corrected chi connectivity index (χ0v) is 9.33. The Hall–Kier alpha value is 0.110.